The summed E-state index contributed by atoms with van der Waals surface area (Å²) >= 11 is 0. The van der Waals surface area contributed by atoms with E-state index < -0.39 is 0 Å². The molecule has 0 aliphatic carbocycles. The molecular formula is C13H24O. The first kappa shape index (κ1) is 13.4. The fraction of sp³-hybridized carbons (Fsp3) is 0.769. The normalized spacial score (nSPS) is 9.86. The number of unbranched alkanes of at least 4 members (excludes halogenated alkanes) is 7. The molecule has 0 saturated carbocycles. The molecule has 0 rings (SSSR count). The number of aldehydes is 1. The van der Waals surface area contributed by atoms with Crippen molar-refractivity contribution in [2.24, 2.45) is 0 Å². The summed E-state index contributed by atoms with van der Waals surface area (Å²) in [6, 6.07) is 0. The van der Waals surface area contributed by atoms with Gasteiger partial charge in [-0.05, 0) is 33.1 Å². The maximum absolute atomic E-state index is 10.0. The van der Waals surface area contributed by atoms with E-state index in [1.165, 1.54) is 44.1 Å². The molecule has 0 atom stereocenters. The van der Waals surface area contributed by atoms with Crippen LogP contribution in [0, 0.1) is 0 Å². The molecule has 0 aromatic rings. The fourth-order valence-electron chi connectivity index (χ4n) is 1.47. The standard InChI is InChI=1S/C13H24O/c1-13(2)11-9-7-5-3-4-6-8-10-12-14/h11-12H,3-10H2,1-2H3. The van der Waals surface area contributed by atoms with Gasteiger partial charge in [0.15, 0.2) is 0 Å². The smallest absolute Gasteiger partial charge is 0.119 e. The third-order valence-electron chi connectivity index (χ3n) is 2.33. The van der Waals surface area contributed by atoms with Gasteiger partial charge in [-0.1, -0.05) is 37.3 Å². The van der Waals surface area contributed by atoms with Gasteiger partial charge >= 0.3 is 0 Å². The van der Waals surface area contributed by atoms with Crippen molar-refractivity contribution >= 4 is 6.29 Å². The summed E-state index contributed by atoms with van der Waals surface area (Å²) in [5.41, 5.74) is 1.43. The molecule has 14 heavy (non-hydrogen) atoms. The highest BCUT2D eigenvalue weighted by Crippen LogP contribution is 2.08. The van der Waals surface area contributed by atoms with Crippen molar-refractivity contribution < 1.29 is 4.79 Å². The van der Waals surface area contributed by atoms with E-state index in [9.17, 15) is 4.79 Å². The van der Waals surface area contributed by atoms with Crippen LogP contribution in [0.15, 0.2) is 11.6 Å². The second-order valence-electron chi connectivity index (χ2n) is 4.15. The molecule has 0 aliphatic rings. The van der Waals surface area contributed by atoms with Crippen LogP contribution in [0.3, 0.4) is 0 Å². The topological polar surface area (TPSA) is 17.1 Å². The molecule has 1 heteroatoms. The van der Waals surface area contributed by atoms with Crippen molar-refractivity contribution in [1.29, 1.82) is 0 Å². The van der Waals surface area contributed by atoms with E-state index in [1.54, 1.807) is 0 Å². The zero-order valence-corrected chi connectivity index (χ0v) is 9.72. The van der Waals surface area contributed by atoms with Gasteiger partial charge in [-0.2, -0.15) is 0 Å². The van der Waals surface area contributed by atoms with Crippen molar-refractivity contribution in [2.45, 2.75) is 65.2 Å². The molecule has 0 aliphatic heterocycles. The average Bonchev–Trinajstić information content (AvgIpc) is 2.15. The number of carbonyl (C=O) groups excluding carboxylic acids is 1. The molecule has 0 spiro atoms. The van der Waals surface area contributed by atoms with E-state index >= 15 is 0 Å². The van der Waals surface area contributed by atoms with E-state index in [2.05, 4.69) is 19.9 Å². The molecule has 0 aromatic carbocycles. The van der Waals surface area contributed by atoms with Crippen LogP contribution < -0.4 is 0 Å². The number of hydrogen-bond donors (Lipinski definition) is 0. The van der Waals surface area contributed by atoms with Crippen LogP contribution in [-0.4, -0.2) is 6.29 Å². The van der Waals surface area contributed by atoms with E-state index in [4.69, 9.17) is 0 Å². The van der Waals surface area contributed by atoms with Gasteiger partial charge in [-0.3, -0.25) is 0 Å². The fourth-order valence-corrected chi connectivity index (χ4v) is 1.47. The maximum Gasteiger partial charge on any atom is 0.119 e. The Hall–Kier alpha value is -0.590. The Kier molecular flexibility index (Phi) is 10.0. The van der Waals surface area contributed by atoms with Gasteiger partial charge in [0.1, 0.15) is 6.29 Å². The van der Waals surface area contributed by atoms with Gasteiger partial charge in [0.2, 0.25) is 0 Å². The summed E-state index contributed by atoms with van der Waals surface area (Å²) in [6.45, 7) is 4.30. The Balaban J connectivity index is 2.99. The van der Waals surface area contributed by atoms with Gasteiger partial charge in [-0.15, -0.1) is 0 Å². The minimum Gasteiger partial charge on any atom is -0.303 e. The van der Waals surface area contributed by atoms with Crippen molar-refractivity contribution in [3.63, 3.8) is 0 Å². The van der Waals surface area contributed by atoms with Gasteiger partial charge in [0, 0.05) is 6.42 Å². The minimum atomic E-state index is 0.748. The quantitative estimate of drug-likeness (QED) is 0.306. The van der Waals surface area contributed by atoms with Gasteiger partial charge in [0.05, 0.1) is 0 Å². The average molecular weight is 196 g/mol. The maximum atomic E-state index is 10.0. The molecule has 82 valence electrons. The zero-order valence-electron chi connectivity index (χ0n) is 9.72. The third kappa shape index (κ3) is 11.4. The van der Waals surface area contributed by atoms with Crippen LogP contribution in [0.5, 0.6) is 0 Å². The molecule has 0 N–H and O–H groups in total. The van der Waals surface area contributed by atoms with E-state index in [0.717, 1.165) is 19.1 Å². The number of rotatable bonds is 9. The first-order valence-electron chi connectivity index (χ1n) is 5.84. The van der Waals surface area contributed by atoms with E-state index in [-0.39, 0.29) is 0 Å². The molecule has 0 heterocycles. The van der Waals surface area contributed by atoms with Crippen LogP contribution >= 0.6 is 0 Å². The minimum absolute atomic E-state index is 0.748. The Morgan fingerprint density at radius 3 is 1.86 bits per heavy atom. The summed E-state index contributed by atoms with van der Waals surface area (Å²) in [5.74, 6) is 0. The Bertz CT molecular complexity index is 155. The van der Waals surface area contributed by atoms with E-state index in [0.29, 0.717) is 0 Å². The molecule has 1 nitrogen and oxygen atoms in total. The van der Waals surface area contributed by atoms with Crippen LogP contribution in [-0.2, 0) is 4.79 Å². The molecule has 0 aromatic heterocycles. The van der Waals surface area contributed by atoms with Gasteiger partial charge in [0.25, 0.3) is 0 Å². The lowest BCUT2D eigenvalue weighted by Crippen LogP contribution is -1.81. The molecule has 0 saturated heterocycles. The van der Waals surface area contributed by atoms with Crippen LogP contribution in [0.25, 0.3) is 0 Å². The van der Waals surface area contributed by atoms with Crippen molar-refractivity contribution in [3.8, 4) is 0 Å². The summed E-state index contributed by atoms with van der Waals surface area (Å²) in [6.07, 6.45) is 12.9. The molecule has 0 amide bonds. The Morgan fingerprint density at radius 1 is 0.857 bits per heavy atom. The number of hydrogen-bond acceptors (Lipinski definition) is 1. The lowest BCUT2D eigenvalue weighted by molar-refractivity contribution is -0.107. The van der Waals surface area contributed by atoms with Crippen LogP contribution in [0.4, 0.5) is 0 Å². The second-order valence-corrected chi connectivity index (χ2v) is 4.15. The lowest BCUT2D eigenvalue weighted by Gasteiger charge is -1.98. The first-order valence-corrected chi connectivity index (χ1v) is 5.84. The van der Waals surface area contributed by atoms with Crippen molar-refractivity contribution in [3.05, 3.63) is 11.6 Å². The lowest BCUT2D eigenvalue weighted by atomic mass is 10.1. The molecule has 0 unspecified atom stereocenters. The van der Waals surface area contributed by atoms with E-state index in [1.807, 2.05) is 0 Å². The number of allylic oxidation sites excluding steroid dienone is 2. The summed E-state index contributed by atoms with van der Waals surface area (Å²) in [7, 11) is 0. The second kappa shape index (κ2) is 10.5. The third-order valence-corrected chi connectivity index (χ3v) is 2.33. The Labute approximate surface area is 88.6 Å². The monoisotopic (exact) mass is 196 g/mol. The van der Waals surface area contributed by atoms with Crippen molar-refractivity contribution in [2.75, 3.05) is 0 Å². The predicted octanol–water partition coefficient (Wildman–Crippen LogP) is 4.27. The van der Waals surface area contributed by atoms with Crippen LogP contribution in [0.1, 0.15) is 65.2 Å². The molecular weight excluding hydrogens is 172 g/mol. The molecule has 0 bridgehead atoms. The van der Waals surface area contributed by atoms with Crippen LogP contribution in [0.2, 0.25) is 0 Å². The highest BCUT2D eigenvalue weighted by Gasteiger charge is 1.90. The number of carbonyl (C=O) groups is 1. The van der Waals surface area contributed by atoms with Gasteiger partial charge in [-0.25, -0.2) is 0 Å². The molecule has 0 fully saturated rings. The zero-order chi connectivity index (χ0) is 10.6. The summed E-state index contributed by atoms with van der Waals surface area (Å²) in [4.78, 5) is 10.0. The van der Waals surface area contributed by atoms with Gasteiger partial charge < -0.3 is 4.79 Å². The largest absolute Gasteiger partial charge is 0.303 e. The predicted molar refractivity (Wildman–Crippen MR) is 62.4 cm³/mol. The summed E-state index contributed by atoms with van der Waals surface area (Å²) in [5, 5.41) is 0. The molecule has 0 radical (unpaired) electrons. The SMILES string of the molecule is CC(C)=CCCCCCCCCC=O. The summed E-state index contributed by atoms with van der Waals surface area (Å²) < 4.78 is 0. The first-order chi connectivity index (χ1) is 6.77. The highest BCUT2D eigenvalue weighted by atomic mass is 16.1. The van der Waals surface area contributed by atoms with Crippen molar-refractivity contribution in [1.82, 2.24) is 0 Å². The highest BCUT2D eigenvalue weighted by molar-refractivity contribution is 5.48. The Morgan fingerprint density at radius 2 is 1.36 bits per heavy atom.